The topological polar surface area (TPSA) is 84.5 Å². The lowest BCUT2D eigenvalue weighted by Crippen LogP contribution is -2.16. The summed E-state index contributed by atoms with van der Waals surface area (Å²) >= 11 is 7.16. The van der Waals surface area contributed by atoms with Crippen LogP contribution in [-0.4, -0.2) is 24.9 Å². The highest BCUT2D eigenvalue weighted by molar-refractivity contribution is 7.19. The Bertz CT molecular complexity index is 1140. The molecule has 1 heterocycles. The molecule has 160 valence electrons. The van der Waals surface area contributed by atoms with Gasteiger partial charge in [0.25, 0.3) is 5.91 Å². The molecule has 3 rings (SSSR count). The number of nitrogens with one attached hydrogen (secondary N) is 2. The summed E-state index contributed by atoms with van der Waals surface area (Å²) in [5, 5.41) is 6.38. The van der Waals surface area contributed by atoms with E-state index in [-0.39, 0.29) is 22.9 Å². The van der Waals surface area contributed by atoms with Crippen LogP contribution in [0.5, 0.6) is 0 Å². The van der Waals surface area contributed by atoms with Gasteiger partial charge in [0.2, 0.25) is 5.91 Å². The lowest BCUT2D eigenvalue weighted by atomic mass is 10.1. The number of hydrogen-bond acceptors (Lipinski definition) is 5. The summed E-state index contributed by atoms with van der Waals surface area (Å²) in [5.74, 6) is -1.32. The molecule has 0 saturated carbocycles. The van der Waals surface area contributed by atoms with Crippen LogP contribution in [-0.2, 0) is 16.0 Å². The van der Waals surface area contributed by atoms with E-state index in [0.717, 1.165) is 22.5 Å². The first-order valence-corrected chi connectivity index (χ1v) is 10.6. The smallest absolute Gasteiger partial charge is 0.341 e. The molecule has 0 aliphatic heterocycles. The van der Waals surface area contributed by atoms with Gasteiger partial charge in [-0.1, -0.05) is 48.0 Å². The zero-order chi connectivity index (χ0) is 22.5. The quantitative estimate of drug-likeness (QED) is 0.497. The first-order valence-electron chi connectivity index (χ1n) is 9.43. The third-order valence-electron chi connectivity index (χ3n) is 4.72. The monoisotopic (exact) mass is 456 g/mol. The molecule has 0 radical (unpaired) electrons. The number of ether oxygens (including phenoxy) is 1. The number of esters is 1. The Morgan fingerprint density at radius 2 is 1.68 bits per heavy atom. The number of halogens is 1. The van der Waals surface area contributed by atoms with Crippen LogP contribution in [0.3, 0.4) is 0 Å². The Labute approximate surface area is 189 Å². The van der Waals surface area contributed by atoms with Gasteiger partial charge < -0.3 is 15.4 Å². The first kappa shape index (κ1) is 22.5. The normalized spacial score (nSPS) is 10.5. The van der Waals surface area contributed by atoms with E-state index in [2.05, 4.69) is 10.6 Å². The molecule has 0 aliphatic carbocycles. The van der Waals surface area contributed by atoms with E-state index in [0.29, 0.717) is 21.2 Å². The van der Waals surface area contributed by atoms with Crippen LogP contribution in [0.2, 0.25) is 5.02 Å². The minimum atomic E-state index is -0.623. The van der Waals surface area contributed by atoms with E-state index in [4.69, 9.17) is 16.3 Å². The number of anilines is 2. The maximum absolute atomic E-state index is 12.9. The van der Waals surface area contributed by atoms with Gasteiger partial charge in [0.15, 0.2) is 0 Å². The maximum Gasteiger partial charge on any atom is 0.341 e. The summed E-state index contributed by atoms with van der Waals surface area (Å²) in [7, 11) is 1.25. The molecule has 2 N–H and O–H groups in total. The first-order chi connectivity index (χ1) is 14.8. The number of carbonyl (C=O) groups excluding carboxylic acids is 3. The number of amides is 2. The number of carbonyl (C=O) groups is 3. The molecule has 0 bridgehead atoms. The third-order valence-corrected chi connectivity index (χ3v) is 6.33. The number of methoxy groups -OCH3 is 1. The Balaban J connectivity index is 1.89. The molecular weight excluding hydrogens is 436 g/mol. The molecule has 0 spiro atoms. The fraction of sp³-hybridized carbons (Fsp3) is 0.174. The molecule has 2 aromatic carbocycles. The maximum atomic E-state index is 12.9. The molecule has 3 aromatic rings. The molecule has 6 nitrogen and oxygen atoms in total. The van der Waals surface area contributed by atoms with E-state index in [1.165, 1.54) is 7.11 Å². The van der Waals surface area contributed by atoms with E-state index in [9.17, 15) is 14.4 Å². The van der Waals surface area contributed by atoms with Crippen molar-refractivity contribution < 1.29 is 19.1 Å². The van der Waals surface area contributed by atoms with E-state index >= 15 is 0 Å². The zero-order valence-corrected chi connectivity index (χ0v) is 18.8. The lowest BCUT2D eigenvalue weighted by Gasteiger charge is -2.09. The van der Waals surface area contributed by atoms with Crippen molar-refractivity contribution in [3.8, 4) is 0 Å². The van der Waals surface area contributed by atoms with Crippen LogP contribution < -0.4 is 10.6 Å². The van der Waals surface area contributed by atoms with E-state index < -0.39 is 11.9 Å². The lowest BCUT2D eigenvalue weighted by molar-refractivity contribution is -0.115. The average molecular weight is 457 g/mol. The Hall–Kier alpha value is -3.16. The Morgan fingerprint density at radius 3 is 2.35 bits per heavy atom. The van der Waals surface area contributed by atoms with Crippen molar-refractivity contribution in [2.24, 2.45) is 0 Å². The highest BCUT2D eigenvalue weighted by atomic mass is 35.5. The molecule has 0 aliphatic rings. The van der Waals surface area contributed by atoms with Crippen LogP contribution in [0, 0.1) is 13.8 Å². The molecule has 0 unspecified atom stereocenters. The summed E-state index contributed by atoms with van der Waals surface area (Å²) in [5.41, 5.74) is 2.74. The summed E-state index contributed by atoms with van der Waals surface area (Å²) in [4.78, 5) is 38.2. The van der Waals surface area contributed by atoms with Crippen molar-refractivity contribution in [2.45, 2.75) is 20.3 Å². The summed E-state index contributed by atoms with van der Waals surface area (Å²) in [6.45, 7) is 3.45. The van der Waals surface area contributed by atoms with Crippen molar-refractivity contribution in [2.75, 3.05) is 17.7 Å². The predicted octanol–water partition coefficient (Wildman–Crippen LogP) is 5.24. The van der Waals surface area contributed by atoms with Crippen LogP contribution >= 0.6 is 22.9 Å². The Morgan fingerprint density at radius 1 is 0.968 bits per heavy atom. The number of benzene rings is 2. The van der Waals surface area contributed by atoms with Crippen LogP contribution in [0.25, 0.3) is 0 Å². The van der Waals surface area contributed by atoms with Crippen molar-refractivity contribution in [1.29, 1.82) is 0 Å². The number of thiophene rings is 1. The van der Waals surface area contributed by atoms with Crippen LogP contribution in [0.4, 0.5) is 10.7 Å². The van der Waals surface area contributed by atoms with E-state index in [1.807, 2.05) is 30.3 Å². The van der Waals surface area contributed by atoms with Gasteiger partial charge in [-0.2, -0.15) is 0 Å². The molecule has 0 saturated heterocycles. The summed E-state index contributed by atoms with van der Waals surface area (Å²) in [6.07, 6.45) is 0.141. The predicted molar refractivity (Wildman–Crippen MR) is 123 cm³/mol. The number of rotatable bonds is 6. The van der Waals surface area contributed by atoms with Gasteiger partial charge in [-0.05, 0) is 42.7 Å². The summed E-state index contributed by atoms with van der Waals surface area (Å²) < 4.78 is 4.87. The number of hydrogen-bond donors (Lipinski definition) is 2. The SMILES string of the molecule is COC(=O)c1c(NC(=O)Cc2ccccc2)sc(C(=O)Nc2cccc(Cl)c2C)c1C. The second-order valence-corrected chi connectivity index (χ2v) is 8.26. The standard InChI is InChI=1S/C23H21ClN2O4S/c1-13-16(24)10-7-11-17(13)25-21(28)20-14(2)19(23(29)30-3)22(31-20)26-18(27)12-15-8-5-4-6-9-15/h4-11H,12H2,1-3H3,(H,25,28)(H,26,27). The summed E-state index contributed by atoms with van der Waals surface area (Å²) in [6, 6.07) is 14.5. The third kappa shape index (κ3) is 5.13. The highest BCUT2D eigenvalue weighted by Gasteiger charge is 2.26. The molecule has 0 atom stereocenters. The molecule has 31 heavy (non-hydrogen) atoms. The van der Waals surface area contributed by atoms with Gasteiger partial charge in [-0.25, -0.2) is 4.79 Å². The van der Waals surface area contributed by atoms with Gasteiger partial charge in [-0.3, -0.25) is 9.59 Å². The largest absolute Gasteiger partial charge is 0.465 e. The average Bonchev–Trinajstić information content (AvgIpc) is 3.07. The van der Waals surface area contributed by atoms with Gasteiger partial charge in [0, 0.05) is 10.7 Å². The minimum absolute atomic E-state index is 0.141. The Kier molecular flexibility index (Phi) is 7.09. The molecule has 8 heteroatoms. The van der Waals surface area contributed by atoms with Gasteiger partial charge in [0.1, 0.15) is 5.00 Å². The molecule has 1 aromatic heterocycles. The molecule has 0 fully saturated rings. The van der Waals surface area contributed by atoms with Crippen molar-refractivity contribution in [1.82, 2.24) is 0 Å². The second-order valence-electron chi connectivity index (χ2n) is 6.83. The van der Waals surface area contributed by atoms with Gasteiger partial charge in [-0.15, -0.1) is 11.3 Å². The van der Waals surface area contributed by atoms with E-state index in [1.54, 1.807) is 32.0 Å². The minimum Gasteiger partial charge on any atom is -0.465 e. The van der Waals surface area contributed by atoms with Crippen molar-refractivity contribution in [3.63, 3.8) is 0 Å². The second kappa shape index (κ2) is 9.76. The molecule has 2 amide bonds. The van der Waals surface area contributed by atoms with Gasteiger partial charge in [0.05, 0.1) is 24.0 Å². The molecular formula is C23H21ClN2O4S. The fourth-order valence-electron chi connectivity index (χ4n) is 3.04. The highest BCUT2D eigenvalue weighted by Crippen LogP contribution is 2.35. The fourth-order valence-corrected chi connectivity index (χ4v) is 4.32. The van der Waals surface area contributed by atoms with Crippen molar-refractivity contribution >= 4 is 51.4 Å². The van der Waals surface area contributed by atoms with Gasteiger partial charge >= 0.3 is 5.97 Å². The van der Waals surface area contributed by atoms with Crippen molar-refractivity contribution in [3.05, 3.63) is 80.7 Å². The van der Waals surface area contributed by atoms with Crippen LogP contribution in [0.1, 0.15) is 36.7 Å². The van der Waals surface area contributed by atoms with Crippen LogP contribution in [0.15, 0.2) is 48.5 Å². The zero-order valence-electron chi connectivity index (χ0n) is 17.2.